The predicted octanol–water partition coefficient (Wildman–Crippen LogP) is 2.38. The molecule has 2 amide bonds. The normalized spacial score (nSPS) is 15.7. The molecule has 3 rings (SSSR count). The summed E-state index contributed by atoms with van der Waals surface area (Å²) in [4.78, 5) is 24.7. The van der Waals surface area contributed by atoms with Crippen molar-refractivity contribution in [1.82, 2.24) is 5.32 Å². The lowest BCUT2D eigenvalue weighted by Crippen LogP contribution is -2.34. The van der Waals surface area contributed by atoms with Gasteiger partial charge in [0, 0.05) is 17.3 Å². The minimum Gasteiger partial charge on any atom is -0.343 e. The first-order valence-electron chi connectivity index (χ1n) is 9.34. The van der Waals surface area contributed by atoms with Crippen molar-refractivity contribution >= 4 is 33.2 Å². The molecule has 0 radical (unpaired) electrons. The lowest BCUT2D eigenvalue weighted by molar-refractivity contribution is -0.115. The van der Waals surface area contributed by atoms with Crippen LogP contribution in [-0.4, -0.2) is 39.1 Å². The zero-order valence-electron chi connectivity index (χ0n) is 16.9. The molecule has 0 bridgehead atoms. The molecule has 0 aromatic heterocycles. The number of carbonyl (C=O) groups is 2. The number of hydrogen-bond acceptors (Lipinski definition) is 4. The highest BCUT2D eigenvalue weighted by atomic mass is 32.2. The van der Waals surface area contributed by atoms with Crippen LogP contribution in [0.15, 0.2) is 36.4 Å². The molecule has 2 aromatic rings. The van der Waals surface area contributed by atoms with Crippen LogP contribution in [-0.2, 0) is 21.2 Å². The average molecular weight is 416 g/mol. The van der Waals surface area contributed by atoms with E-state index in [4.69, 9.17) is 0 Å². The van der Waals surface area contributed by atoms with E-state index in [1.165, 1.54) is 10.6 Å². The Bertz CT molecular complexity index is 1080. The molecule has 2 N–H and O–H groups in total. The molecule has 29 heavy (non-hydrogen) atoms. The minimum absolute atomic E-state index is 0.158. The van der Waals surface area contributed by atoms with Gasteiger partial charge >= 0.3 is 0 Å². The first-order valence-corrected chi connectivity index (χ1v) is 11.2. The van der Waals surface area contributed by atoms with E-state index in [2.05, 4.69) is 10.6 Å². The molecule has 0 unspecified atom stereocenters. The second kappa shape index (κ2) is 7.87. The van der Waals surface area contributed by atoms with Crippen LogP contribution in [0, 0.1) is 13.8 Å². The summed E-state index contributed by atoms with van der Waals surface area (Å²) < 4.78 is 25.4. The summed E-state index contributed by atoms with van der Waals surface area (Å²) >= 11 is 0. The van der Waals surface area contributed by atoms with Gasteiger partial charge in [0.25, 0.3) is 5.91 Å². The molecule has 7 nitrogen and oxygen atoms in total. The number of anilines is 2. The zero-order valence-corrected chi connectivity index (χ0v) is 17.8. The zero-order chi connectivity index (χ0) is 21.3. The largest absolute Gasteiger partial charge is 0.343 e. The van der Waals surface area contributed by atoms with Gasteiger partial charge in [-0.3, -0.25) is 13.9 Å². The predicted molar refractivity (Wildman–Crippen MR) is 114 cm³/mol. The van der Waals surface area contributed by atoms with Crippen molar-refractivity contribution in [2.75, 3.05) is 22.4 Å². The molecule has 2 aromatic carbocycles. The Morgan fingerprint density at radius 3 is 2.59 bits per heavy atom. The van der Waals surface area contributed by atoms with E-state index in [-0.39, 0.29) is 24.4 Å². The van der Waals surface area contributed by atoms with Crippen LogP contribution in [0.5, 0.6) is 0 Å². The summed E-state index contributed by atoms with van der Waals surface area (Å²) in [6.07, 6.45) is 1.71. The third kappa shape index (κ3) is 4.42. The van der Waals surface area contributed by atoms with Crippen LogP contribution in [0.2, 0.25) is 0 Å². The highest BCUT2D eigenvalue weighted by Gasteiger charge is 2.32. The molecule has 1 heterocycles. The number of nitrogens with zero attached hydrogens (tertiary/aromatic N) is 1. The van der Waals surface area contributed by atoms with E-state index in [0.717, 1.165) is 22.4 Å². The fourth-order valence-corrected chi connectivity index (χ4v) is 4.86. The van der Waals surface area contributed by atoms with E-state index in [1.54, 1.807) is 18.2 Å². The summed E-state index contributed by atoms with van der Waals surface area (Å²) in [5.41, 5.74) is 4.57. The molecule has 0 aliphatic carbocycles. The molecule has 0 saturated carbocycles. The number of amides is 2. The molecule has 0 fully saturated rings. The quantitative estimate of drug-likeness (QED) is 0.784. The fourth-order valence-electron chi connectivity index (χ4n) is 3.59. The molecule has 1 aliphatic rings. The Balaban J connectivity index is 1.66. The van der Waals surface area contributed by atoms with Gasteiger partial charge in [0.15, 0.2) is 0 Å². The smallest absolute Gasteiger partial charge is 0.251 e. The Hall–Kier alpha value is -2.87. The van der Waals surface area contributed by atoms with Crippen molar-refractivity contribution in [2.45, 2.75) is 33.2 Å². The van der Waals surface area contributed by atoms with Gasteiger partial charge in [0.05, 0.1) is 18.5 Å². The summed E-state index contributed by atoms with van der Waals surface area (Å²) in [6, 6.07) is 10.4. The van der Waals surface area contributed by atoms with E-state index >= 15 is 0 Å². The monoisotopic (exact) mass is 415 g/mol. The van der Waals surface area contributed by atoms with Crippen LogP contribution in [0.25, 0.3) is 0 Å². The van der Waals surface area contributed by atoms with Crippen LogP contribution >= 0.6 is 0 Å². The van der Waals surface area contributed by atoms with Gasteiger partial charge in [-0.1, -0.05) is 12.1 Å². The number of carbonyl (C=O) groups excluding carboxylic acids is 2. The first kappa shape index (κ1) is 20.9. The number of nitrogens with one attached hydrogen (secondary N) is 2. The fraction of sp³-hybridized carbons (Fsp3) is 0.333. The molecule has 0 spiro atoms. The van der Waals surface area contributed by atoms with Gasteiger partial charge in [0.2, 0.25) is 15.9 Å². The second-order valence-corrected chi connectivity index (χ2v) is 9.29. The van der Waals surface area contributed by atoms with Crippen molar-refractivity contribution in [3.8, 4) is 0 Å². The topological polar surface area (TPSA) is 95.6 Å². The van der Waals surface area contributed by atoms with Crippen LogP contribution < -0.4 is 14.9 Å². The van der Waals surface area contributed by atoms with Crippen LogP contribution in [0.3, 0.4) is 0 Å². The number of rotatable bonds is 5. The maximum atomic E-state index is 12.5. The van der Waals surface area contributed by atoms with Crippen molar-refractivity contribution in [1.29, 1.82) is 0 Å². The maximum Gasteiger partial charge on any atom is 0.251 e. The molecule has 154 valence electrons. The highest BCUT2D eigenvalue weighted by molar-refractivity contribution is 7.92. The Morgan fingerprint density at radius 2 is 1.90 bits per heavy atom. The number of aryl methyl sites for hydroxylation is 1. The van der Waals surface area contributed by atoms with E-state index in [0.29, 0.717) is 17.7 Å². The summed E-state index contributed by atoms with van der Waals surface area (Å²) in [6.45, 7) is 5.56. The average Bonchev–Trinajstić information content (AvgIpc) is 2.98. The number of sulfonamides is 1. The summed E-state index contributed by atoms with van der Waals surface area (Å²) in [5, 5.41) is 5.41. The van der Waals surface area contributed by atoms with Crippen LogP contribution in [0.1, 0.15) is 34.0 Å². The molecule has 8 heteroatoms. The van der Waals surface area contributed by atoms with Gasteiger partial charge in [-0.15, -0.1) is 0 Å². The van der Waals surface area contributed by atoms with Crippen molar-refractivity contribution in [3.05, 3.63) is 58.7 Å². The second-order valence-electron chi connectivity index (χ2n) is 7.43. The molecule has 1 atom stereocenters. The van der Waals surface area contributed by atoms with Gasteiger partial charge in [0.1, 0.15) is 0 Å². The van der Waals surface area contributed by atoms with E-state index < -0.39 is 10.0 Å². The highest BCUT2D eigenvalue weighted by Crippen LogP contribution is 2.34. The van der Waals surface area contributed by atoms with E-state index in [9.17, 15) is 18.0 Å². The molecule has 0 saturated heterocycles. The van der Waals surface area contributed by atoms with Crippen molar-refractivity contribution < 1.29 is 18.0 Å². The lowest BCUT2D eigenvalue weighted by Gasteiger charge is -2.21. The van der Waals surface area contributed by atoms with Crippen molar-refractivity contribution in [3.63, 3.8) is 0 Å². The summed E-state index contributed by atoms with van der Waals surface area (Å²) in [5.74, 6) is -0.695. The molecule has 1 aliphatic heterocycles. The number of hydrogen-bond donors (Lipinski definition) is 2. The van der Waals surface area contributed by atoms with Gasteiger partial charge in [-0.2, -0.15) is 0 Å². The van der Waals surface area contributed by atoms with Crippen molar-refractivity contribution in [2.24, 2.45) is 0 Å². The van der Waals surface area contributed by atoms with Gasteiger partial charge in [-0.05, 0) is 68.1 Å². The number of benzene rings is 2. The molecular weight excluding hydrogens is 390 g/mol. The first-order chi connectivity index (χ1) is 13.6. The Kier molecular flexibility index (Phi) is 5.66. The Morgan fingerprint density at radius 1 is 1.17 bits per heavy atom. The third-order valence-corrected chi connectivity index (χ3v) is 6.41. The lowest BCUT2D eigenvalue weighted by atomic mass is 10.1. The van der Waals surface area contributed by atoms with E-state index in [1.807, 2.05) is 39.0 Å². The Labute approximate surface area is 171 Å². The SMILES string of the molecule is Cc1cccc(NC(=O)CNC(=O)c2ccc3c(c2)C[C@H](C)N3S(C)(=O)=O)c1C. The van der Waals surface area contributed by atoms with Gasteiger partial charge < -0.3 is 10.6 Å². The minimum atomic E-state index is -3.38. The standard InChI is InChI=1S/C21H25N3O4S/c1-13-6-5-7-18(15(13)3)23-20(25)12-22-21(26)16-8-9-19-17(11-16)10-14(2)24(19)29(4,27)28/h5-9,11,14H,10,12H2,1-4H3,(H,22,26)(H,23,25)/t14-/m0/s1. The third-order valence-electron chi connectivity index (χ3n) is 5.14. The van der Waals surface area contributed by atoms with Gasteiger partial charge in [-0.25, -0.2) is 8.42 Å². The number of fused-ring (bicyclic) bond motifs is 1. The summed E-state index contributed by atoms with van der Waals surface area (Å²) in [7, 11) is -3.38. The van der Waals surface area contributed by atoms with Crippen LogP contribution in [0.4, 0.5) is 11.4 Å². The molecular formula is C21H25N3O4S. The maximum absolute atomic E-state index is 12.5.